The second-order valence-corrected chi connectivity index (χ2v) is 4.83. The van der Waals surface area contributed by atoms with E-state index in [1.165, 1.54) is 11.1 Å². The fourth-order valence-electron chi connectivity index (χ4n) is 2.00. The zero-order valence-electron chi connectivity index (χ0n) is 10.5. The predicted octanol–water partition coefficient (Wildman–Crippen LogP) is 4.22. The SMILES string of the molecule is CCCNC(Cc1cccc(Cl)c1)c1ccoc1. The highest BCUT2D eigenvalue weighted by Crippen LogP contribution is 2.20. The van der Waals surface area contributed by atoms with Gasteiger partial charge in [0.2, 0.25) is 0 Å². The Kier molecular flexibility index (Phi) is 4.85. The molecule has 0 bridgehead atoms. The summed E-state index contributed by atoms with van der Waals surface area (Å²) in [5.41, 5.74) is 2.42. The molecule has 3 heteroatoms. The van der Waals surface area contributed by atoms with Crippen molar-refractivity contribution in [1.29, 1.82) is 0 Å². The molecular weight excluding hydrogens is 246 g/mol. The Hall–Kier alpha value is -1.25. The third-order valence-electron chi connectivity index (χ3n) is 2.92. The molecule has 96 valence electrons. The molecule has 1 atom stereocenters. The van der Waals surface area contributed by atoms with Crippen molar-refractivity contribution in [2.24, 2.45) is 0 Å². The second-order valence-electron chi connectivity index (χ2n) is 4.40. The van der Waals surface area contributed by atoms with Crippen LogP contribution in [0.1, 0.15) is 30.5 Å². The quantitative estimate of drug-likeness (QED) is 0.844. The van der Waals surface area contributed by atoms with Crippen molar-refractivity contribution in [1.82, 2.24) is 5.32 Å². The molecule has 1 N–H and O–H groups in total. The minimum Gasteiger partial charge on any atom is -0.472 e. The normalized spacial score (nSPS) is 12.6. The van der Waals surface area contributed by atoms with Crippen molar-refractivity contribution in [3.05, 3.63) is 59.0 Å². The van der Waals surface area contributed by atoms with Crippen molar-refractivity contribution in [2.75, 3.05) is 6.54 Å². The van der Waals surface area contributed by atoms with Crippen LogP contribution in [0.2, 0.25) is 5.02 Å². The highest BCUT2D eigenvalue weighted by Gasteiger charge is 2.12. The van der Waals surface area contributed by atoms with Gasteiger partial charge in [0.1, 0.15) is 0 Å². The lowest BCUT2D eigenvalue weighted by Gasteiger charge is -2.17. The molecule has 0 saturated heterocycles. The van der Waals surface area contributed by atoms with E-state index in [1.54, 1.807) is 12.5 Å². The van der Waals surface area contributed by atoms with Crippen LogP contribution in [0.25, 0.3) is 0 Å². The van der Waals surface area contributed by atoms with Gasteiger partial charge in [-0.15, -0.1) is 0 Å². The monoisotopic (exact) mass is 263 g/mol. The van der Waals surface area contributed by atoms with Gasteiger partial charge in [-0.3, -0.25) is 0 Å². The van der Waals surface area contributed by atoms with Crippen molar-refractivity contribution >= 4 is 11.6 Å². The number of hydrogen-bond acceptors (Lipinski definition) is 2. The molecule has 2 nitrogen and oxygen atoms in total. The molecule has 0 amide bonds. The third kappa shape index (κ3) is 3.62. The highest BCUT2D eigenvalue weighted by molar-refractivity contribution is 6.30. The number of rotatable bonds is 6. The predicted molar refractivity (Wildman–Crippen MR) is 74.9 cm³/mol. The first-order chi connectivity index (χ1) is 8.79. The van der Waals surface area contributed by atoms with Crippen LogP contribution in [0.5, 0.6) is 0 Å². The van der Waals surface area contributed by atoms with E-state index in [-0.39, 0.29) is 6.04 Å². The van der Waals surface area contributed by atoms with Gasteiger partial charge in [0.25, 0.3) is 0 Å². The van der Waals surface area contributed by atoms with Gasteiger partial charge in [0.15, 0.2) is 0 Å². The van der Waals surface area contributed by atoms with Crippen molar-refractivity contribution in [3.8, 4) is 0 Å². The Morgan fingerprint density at radius 1 is 1.33 bits per heavy atom. The maximum atomic E-state index is 6.02. The summed E-state index contributed by atoms with van der Waals surface area (Å²) in [5.74, 6) is 0. The molecule has 0 fully saturated rings. The van der Waals surface area contributed by atoms with E-state index in [9.17, 15) is 0 Å². The third-order valence-corrected chi connectivity index (χ3v) is 3.15. The van der Waals surface area contributed by atoms with Crippen LogP contribution < -0.4 is 5.32 Å². The average Bonchev–Trinajstić information content (AvgIpc) is 2.88. The van der Waals surface area contributed by atoms with Crippen LogP contribution in [0.15, 0.2) is 47.3 Å². The second kappa shape index (κ2) is 6.62. The van der Waals surface area contributed by atoms with Crippen molar-refractivity contribution in [3.63, 3.8) is 0 Å². The molecule has 0 radical (unpaired) electrons. The van der Waals surface area contributed by atoms with Gasteiger partial charge in [-0.2, -0.15) is 0 Å². The standard InChI is InChI=1S/C15H18ClNO/c1-2-7-17-15(13-6-8-18-11-13)10-12-4-3-5-14(16)9-12/h3-6,8-9,11,15,17H,2,7,10H2,1H3. The molecular formula is C15H18ClNO. The first-order valence-corrected chi connectivity index (χ1v) is 6.67. The first kappa shape index (κ1) is 13.2. The van der Waals surface area contributed by atoms with Crippen LogP contribution in [0.3, 0.4) is 0 Å². The summed E-state index contributed by atoms with van der Waals surface area (Å²) in [7, 11) is 0. The van der Waals surface area contributed by atoms with Crippen LogP contribution in [0.4, 0.5) is 0 Å². The molecule has 0 aliphatic carbocycles. The number of hydrogen-bond donors (Lipinski definition) is 1. The zero-order valence-corrected chi connectivity index (χ0v) is 11.3. The Bertz CT molecular complexity index is 467. The lowest BCUT2D eigenvalue weighted by molar-refractivity contribution is 0.512. The van der Waals surface area contributed by atoms with Gasteiger partial charge < -0.3 is 9.73 Å². The van der Waals surface area contributed by atoms with E-state index in [4.69, 9.17) is 16.0 Å². The van der Waals surface area contributed by atoms with Crippen LogP contribution in [-0.2, 0) is 6.42 Å². The van der Waals surface area contributed by atoms with E-state index >= 15 is 0 Å². The molecule has 0 spiro atoms. The summed E-state index contributed by atoms with van der Waals surface area (Å²) < 4.78 is 5.17. The van der Waals surface area contributed by atoms with Gasteiger partial charge in [-0.25, -0.2) is 0 Å². The zero-order chi connectivity index (χ0) is 12.8. The number of benzene rings is 1. The molecule has 1 aromatic heterocycles. The maximum absolute atomic E-state index is 6.02. The minimum atomic E-state index is 0.280. The van der Waals surface area contributed by atoms with Crippen LogP contribution in [-0.4, -0.2) is 6.54 Å². The van der Waals surface area contributed by atoms with Gasteiger partial charge in [-0.05, 0) is 43.1 Å². The van der Waals surface area contributed by atoms with Gasteiger partial charge in [-0.1, -0.05) is 30.7 Å². The highest BCUT2D eigenvalue weighted by atomic mass is 35.5. The van der Waals surface area contributed by atoms with Crippen LogP contribution >= 0.6 is 11.6 Å². The molecule has 0 saturated carbocycles. The van der Waals surface area contributed by atoms with E-state index in [1.807, 2.05) is 24.3 Å². The Labute approximate surface area is 113 Å². The van der Waals surface area contributed by atoms with Gasteiger partial charge >= 0.3 is 0 Å². The topological polar surface area (TPSA) is 25.2 Å². The van der Waals surface area contributed by atoms with Gasteiger partial charge in [0.05, 0.1) is 12.5 Å². The smallest absolute Gasteiger partial charge is 0.0950 e. The largest absolute Gasteiger partial charge is 0.472 e. The van der Waals surface area contributed by atoms with E-state index < -0.39 is 0 Å². The number of nitrogens with one attached hydrogen (secondary N) is 1. The fraction of sp³-hybridized carbons (Fsp3) is 0.333. The van der Waals surface area contributed by atoms with E-state index in [2.05, 4.69) is 18.3 Å². The Morgan fingerprint density at radius 2 is 2.22 bits per heavy atom. The summed E-state index contributed by atoms with van der Waals surface area (Å²) >= 11 is 6.02. The summed E-state index contributed by atoms with van der Waals surface area (Å²) in [6, 6.07) is 10.3. The summed E-state index contributed by atoms with van der Waals surface area (Å²) in [6.07, 6.45) is 5.55. The van der Waals surface area contributed by atoms with Gasteiger partial charge in [0, 0.05) is 16.6 Å². The molecule has 18 heavy (non-hydrogen) atoms. The first-order valence-electron chi connectivity index (χ1n) is 6.29. The molecule has 2 rings (SSSR count). The fourth-order valence-corrected chi connectivity index (χ4v) is 2.21. The van der Waals surface area contributed by atoms with Crippen molar-refractivity contribution in [2.45, 2.75) is 25.8 Å². The molecule has 0 aliphatic rings. The molecule has 1 heterocycles. The summed E-state index contributed by atoms with van der Waals surface area (Å²) in [6.45, 7) is 3.16. The lowest BCUT2D eigenvalue weighted by atomic mass is 10.0. The van der Waals surface area contributed by atoms with Crippen molar-refractivity contribution < 1.29 is 4.42 Å². The molecule has 2 aromatic rings. The molecule has 1 unspecified atom stereocenters. The van der Waals surface area contributed by atoms with E-state index in [0.29, 0.717) is 0 Å². The van der Waals surface area contributed by atoms with Crippen LogP contribution in [0, 0.1) is 0 Å². The Balaban J connectivity index is 2.10. The minimum absolute atomic E-state index is 0.280. The lowest BCUT2D eigenvalue weighted by Crippen LogP contribution is -2.23. The summed E-state index contributed by atoms with van der Waals surface area (Å²) in [5, 5.41) is 4.32. The van der Waals surface area contributed by atoms with E-state index in [0.717, 1.165) is 24.4 Å². The summed E-state index contributed by atoms with van der Waals surface area (Å²) in [4.78, 5) is 0. The number of furan rings is 1. The molecule has 1 aromatic carbocycles. The number of halogens is 1. The molecule has 0 aliphatic heterocycles. The average molecular weight is 264 g/mol. The maximum Gasteiger partial charge on any atom is 0.0950 e. The Morgan fingerprint density at radius 3 is 2.89 bits per heavy atom.